The number of hydrogen-bond acceptors (Lipinski definition) is 2. The van der Waals surface area contributed by atoms with E-state index < -0.39 is 23.4 Å². The third kappa shape index (κ3) is 4.38. The lowest BCUT2D eigenvalue weighted by Crippen LogP contribution is -2.23. The lowest BCUT2D eigenvalue weighted by Gasteiger charge is -2.10. The molecule has 0 spiro atoms. The van der Waals surface area contributed by atoms with Crippen LogP contribution in [0.5, 0.6) is 0 Å². The highest BCUT2D eigenvalue weighted by atomic mass is 35.5. The molecule has 1 unspecified atom stereocenters. The molecule has 1 fully saturated rings. The normalized spacial score (nSPS) is 17.6. The second-order valence-electron chi connectivity index (χ2n) is 4.63. The third-order valence-electron chi connectivity index (χ3n) is 3.17. The van der Waals surface area contributed by atoms with Crippen LogP contribution in [-0.4, -0.2) is 18.5 Å². The molecule has 0 aliphatic carbocycles. The highest BCUT2D eigenvalue weighted by Crippen LogP contribution is 2.19. The number of hydrogen-bond donors (Lipinski definition) is 2. The monoisotopic (exact) mass is 308 g/mol. The first-order chi connectivity index (χ1) is 9.06. The number of nitrogens with one attached hydrogen (secondary N) is 2. The molecule has 2 N–H and O–H groups in total. The number of amides is 1. The fourth-order valence-electron chi connectivity index (χ4n) is 2.14. The average molecular weight is 309 g/mol. The quantitative estimate of drug-likeness (QED) is 0.840. The Morgan fingerprint density at radius 3 is 2.60 bits per heavy atom. The van der Waals surface area contributed by atoms with Crippen molar-refractivity contribution >= 4 is 24.0 Å². The van der Waals surface area contributed by atoms with Crippen molar-refractivity contribution in [3.8, 4) is 0 Å². The Balaban J connectivity index is 0.00000200. The summed E-state index contributed by atoms with van der Waals surface area (Å²) in [5, 5.41) is 5.49. The van der Waals surface area contributed by atoms with Crippen LogP contribution in [0.4, 0.5) is 18.9 Å². The van der Waals surface area contributed by atoms with Gasteiger partial charge in [0.2, 0.25) is 5.91 Å². The maximum atomic E-state index is 13.3. The predicted molar refractivity (Wildman–Crippen MR) is 72.5 cm³/mol. The van der Waals surface area contributed by atoms with Gasteiger partial charge >= 0.3 is 0 Å². The van der Waals surface area contributed by atoms with E-state index in [-0.39, 0.29) is 24.5 Å². The molecule has 112 valence electrons. The van der Waals surface area contributed by atoms with Crippen molar-refractivity contribution in [2.24, 2.45) is 0 Å². The van der Waals surface area contributed by atoms with Gasteiger partial charge in [0.1, 0.15) is 5.82 Å². The van der Waals surface area contributed by atoms with Gasteiger partial charge in [-0.1, -0.05) is 0 Å². The summed E-state index contributed by atoms with van der Waals surface area (Å²) >= 11 is 0. The lowest BCUT2D eigenvalue weighted by molar-refractivity contribution is -0.116. The summed E-state index contributed by atoms with van der Waals surface area (Å²) in [6.07, 6.45) is 2.98. The van der Waals surface area contributed by atoms with Crippen LogP contribution in [0, 0.1) is 17.5 Å². The molecule has 0 aromatic heterocycles. The molecule has 1 saturated heterocycles. The van der Waals surface area contributed by atoms with E-state index in [9.17, 15) is 18.0 Å². The smallest absolute Gasteiger partial charge is 0.224 e. The number of carbonyl (C=O) groups is 1. The van der Waals surface area contributed by atoms with E-state index in [4.69, 9.17) is 0 Å². The Hall–Kier alpha value is -1.27. The highest BCUT2D eigenvalue weighted by Gasteiger charge is 2.16. The van der Waals surface area contributed by atoms with E-state index in [0.29, 0.717) is 24.6 Å². The molecular weight excluding hydrogens is 293 g/mol. The van der Waals surface area contributed by atoms with Crippen LogP contribution in [0.1, 0.15) is 25.7 Å². The van der Waals surface area contributed by atoms with Crippen molar-refractivity contribution in [3.63, 3.8) is 0 Å². The summed E-state index contributed by atoms with van der Waals surface area (Å²) in [5.74, 6) is -3.84. The average Bonchev–Trinajstić information content (AvgIpc) is 2.86. The largest absolute Gasteiger partial charge is 0.324 e. The Bertz CT molecular complexity index is 479. The van der Waals surface area contributed by atoms with Crippen LogP contribution < -0.4 is 10.6 Å². The zero-order chi connectivity index (χ0) is 13.8. The van der Waals surface area contributed by atoms with Gasteiger partial charge < -0.3 is 10.6 Å². The van der Waals surface area contributed by atoms with E-state index in [1.165, 1.54) is 0 Å². The molecule has 1 aliphatic rings. The number of anilines is 1. The number of halogens is 4. The van der Waals surface area contributed by atoms with Crippen molar-refractivity contribution in [1.29, 1.82) is 0 Å². The van der Waals surface area contributed by atoms with Gasteiger partial charge in [-0.3, -0.25) is 4.79 Å². The fourth-order valence-corrected chi connectivity index (χ4v) is 2.14. The van der Waals surface area contributed by atoms with Crippen molar-refractivity contribution in [3.05, 3.63) is 29.6 Å². The predicted octanol–water partition coefficient (Wildman–Crippen LogP) is 3.00. The maximum absolute atomic E-state index is 13.3. The standard InChI is InChI=1S/C13H15F3N2O.ClH/c14-9-6-11(16)12(7-10(9)15)18-13(19)4-3-8-2-1-5-17-8;/h6-8,17H,1-5H2,(H,18,19);1H. The molecule has 7 heteroatoms. The van der Waals surface area contributed by atoms with Crippen LogP contribution in [0.25, 0.3) is 0 Å². The van der Waals surface area contributed by atoms with Gasteiger partial charge in [0.25, 0.3) is 0 Å². The van der Waals surface area contributed by atoms with Crippen molar-refractivity contribution in [1.82, 2.24) is 5.32 Å². The SMILES string of the molecule is Cl.O=C(CCC1CCCN1)Nc1cc(F)c(F)cc1F. The minimum atomic E-state index is -1.27. The number of rotatable bonds is 4. The summed E-state index contributed by atoms with van der Waals surface area (Å²) in [4.78, 5) is 11.6. The summed E-state index contributed by atoms with van der Waals surface area (Å²) in [6, 6.07) is 1.38. The third-order valence-corrected chi connectivity index (χ3v) is 3.17. The Kier molecular flexibility index (Phi) is 6.29. The van der Waals surface area contributed by atoms with Crippen LogP contribution in [0.2, 0.25) is 0 Å². The molecule has 1 atom stereocenters. The van der Waals surface area contributed by atoms with E-state index >= 15 is 0 Å². The second kappa shape index (κ2) is 7.50. The summed E-state index contributed by atoms with van der Waals surface area (Å²) in [7, 11) is 0. The van der Waals surface area contributed by atoms with Crippen molar-refractivity contribution in [2.75, 3.05) is 11.9 Å². The van der Waals surface area contributed by atoms with Gasteiger partial charge in [-0.2, -0.15) is 0 Å². The Morgan fingerprint density at radius 1 is 1.25 bits per heavy atom. The fraction of sp³-hybridized carbons (Fsp3) is 0.462. The molecule has 1 aromatic rings. The first-order valence-corrected chi connectivity index (χ1v) is 6.24. The van der Waals surface area contributed by atoms with Crippen LogP contribution in [-0.2, 0) is 4.79 Å². The molecule has 3 nitrogen and oxygen atoms in total. The molecule has 1 aliphatic heterocycles. The van der Waals surface area contributed by atoms with E-state index in [1.54, 1.807) is 0 Å². The molecular formula is C13H16ClF3N2O. The summed E-state index contributed by atoms with van der Waals surface area (Å²) in [5.41, 5.74) is -0.330. The van der Waals surface area contributed by atoms with E-state index in [0.717, 1.165) is 19.4 Å². The van der Waals surface area contributed by atoms with Crippen LogP contribution >= 0.6 is 12.4 Å². The van der Waals surface area contributed by atoms with Crippen molar-refractivity contribution < 1.29 is 18.0 Å². The molecule has 1 amide bonds. The van der Waals surface area contributed by atoms with E-state index in [1.807, 2.05) is 0 Å². The highest BCUT2D eigenvalue weighted by molar-refractivity contribution is 5.90. The Morgan fingerprint density at radius 2 is 1.95 bits per heavy atom. The zero-order valence-corrected chi connectivity index (χ0v) is 11.5. The minimum absolute atomic E-state index is 0. The van der Waals surface area contributed by atoms with Gasteiger partial charge in [0, 0.05) is 24.6 Å². The van der Waals surface area contributed by atoms with Gasteiger partial charge in [-0.25, -0.2) is 13.2 Å². The van der Waals surface area contributed by atoms with Gasteiger partial charge in [-0.05, 0) is 25.8 Å². The molecule has 0 saturated carbocycles. The summed E-state index contributed by atoms with van der Waals surface area (Å²) in [6.45, 7) is 0.948. The molecule has 0 radical (unpaired) electrons. The van der Waals surface area contributed by atoms with Gasteiger partial charge in [-0.15, -0.1) is 12.4 Å². The zero-order valence-electron chi connectivity index (χ0n) is 10.7. The molecule has 2 rings (SSSR count). The Labute approximate surface area is 121 Å². The van der Waals surface area contributed by atoms with Crippen molar-refractivity contribution in [2.45, 2.75) is 31.7 Å². The van der Waals surface area contributed by atoms with Gasteiger partial charge in [0.05, 0.1) is 5.69 Å². The maximum Gasteiger partial charge on any atom is 0.224 e. The number of carbonyl (C=O) groups excluding carboxylic acids is 1. The lowest BCUT2D eigenvalue weighted by atomic mass is 10.1. The topological polar surface area (TPSA) is 41.1 Å². The van der Waals surface area contributed by atoms with Crippen LogP contribution in [0.3, 0.4) is 0 Å². The first kappa shape index (κ1) is 16.8. The van der Waals surface area contributed by atoms with E-state index in [2.05, 4.69) is 10.6 Å². The van der Waals surface area contributed by atoms with Gasteiger partial charge in [0.15, 0.2) is 11.6 Å². The summed E-state index contributed by atoms with van der Waals surface area (Å²) < 4.78 is 38.9. The second-order valence-corrected chi connectivity index (χ2v) is 4.63. The van der Waals surface area contributed by atoms with Crippen LogP contribution in [0.15, 0.2) is 12.1 Å². The molecule has 1 heterocycles. The molecule has 0 bridgehead atoms. The minimum Gasteiger partial charge on any atom is -0.324 e. The molecule has 20 heavy (non-hydrogen) atoms. The number of benzene rings is 1. The first-order valence-electron chi connectivity index (χ1n) is 6.24. The molecule has 1 aromatic carbocycles.